The molecule has 1 fully saturated rings. The number of anilines is 4. The van der Waals surface area contributed by atoms with E-state index in [-0.39, 0.29) is 6.04 Å². The number of rotatable bonds is 8. The van der Waals surface area contributed by atoms with Crippen LogP contribution in [0.4, 0.5) is 23.4 Å². The lowest BCUT2D eigenvalue weighted by Gasteiger charge is -2.23. The smallest absolute Gasteiger partial charge is 0.229 e. The van der Waals surface area contributed by atoms with Gasteiger partial charge in [-0.3, -0.25) is 10.1 Å². The zero-order valence-electron chi connectivity index (χ0n) is 18.3. The van der Waals surface area contributed by atoms with Crippen LogP contribution in [0.15, 0.2) is 47.1 Å². The first-order valence-electron chi connectivity index (χ1n) is 11.0. The van der Waals surface area contributed by atoms with Crippen molar-refractivity contribution in [2.75, 3.05) is 35.2 Å². The van der Waals surface area contributed by atoms with Crippen molar-refractivity contribution in [2.45, 2.75) is 25.8 Å². The van der Waals surface area contributed by atoms with Crippen LogP contribution in [-0.2, 0) is 0 Å². The SMILES string of the molecule is Cc1cc(Nc2cc(NCCN)nc(N3CCC[C@H]3c3cc(-c4ccccn4)no3)n2)n[nH]1. The molecule has 0 saturated carbocycles. The van der Waals surface area contributed by atoms with Crippen LogP contribution in [0.3, 0.4) is 0 Å². The third-order valence-electron chi connectivity index (χ3n) is 5.42. The lowest BCUT2D eigenvalue weighted by Crippen LogP contribution is -2.25. The van der Waals surface area contributed by atoms with Crippen LogP contribution in [-0.4, -0.2) is 49.9 Å². The third-order valence-corrected chi connectivity index (χ3v) is 5.42. The summed E-state index contributed by atoms with van der Waals surface area (Å²) in [6, 6.07) is 11.4. The Bertz CT molecular complexity index is 1200. The molecule has 1 aliphatic heterocycles. The zero-order chi connectivity index (χ0) is 22.6. The molecular formula is C22H26N10O. The molecule has 5 heterocycles. The largest absolute Gasteiger partial charge is 0.369 e. The highest BCUT2D eigenvalue weighted by atomic mass is 16.5. The number of pyridine rings is 1. The number of nitrogens with zero attached hydrogens (tertiary/aromatic N) is 6. The van der Waals surface area contributed by atoms with Crippen molar-refractivity contribution in [3.8, 4) is 11.4 Å². The first-order chi connectivity index (χ1) is 16.2. The molecule has 0 aromatic carbocycles. The Labute approximate surface area is 190 Å². The summed E-state index contributed by atoms with van der Waals surface area (Å²) in [7, 11) is 0. The van der Waals surface area contributed by atoms with Crippen LogP contribution in [0.2, 0.25) is 0 Å². The molecule has 4 aromatic heterocycles. The highest BCUT2D eigenvalue weighted by Gasteiger charge is 2.32. The van der Waals surface area contributed by atoms with Gasteiger partial charge in [-0.2, -0.15) is 15.1 Å². The molecule has 5 N–H and O–H groups in total. The molecule has 0 aliphatic carbocycles. The number of hydrogen-bond acceptors (Lipinski definition) is 10. The van der Waals surface area contributed by atoms with Crippen LogP contribution in [0, 0.1) is 6.92 Å². The van der Waals surface area contributed by atoms with E-state index in [4.69, 9.17) is 20.2 Å². The molecule has 1 aliphatic rings. The van der Waals surface area contributed by atoms with Crippen LogP contribution in [0.25, 0.3) is 11.4 Å². The van der Waals surface area contributed by atoms with Crippen molar-refractivity contribution in [3.63, 3.8) is 0 Å². The van der Waals surface area contributed by atoms with Crippen molar-refractivity contribution >= 4 is 23.4 Å². The summed E-state index contributed by atoms with van der Waals surface area (Å²) in [5.41, 5.74) is 8.13. The summed E-state index contributed by atoms with van der Waals surface area (Å²) in [5.74, 6) is 3.40. The zero-order valence-corrected chi connectivity index (χ0v) is 18.3. The summed E-state index contributed by atoms with van der Waals surface area (Å²) < 4.78 is 5.73. The second kappa shape index (κ2) is 9.25. The number of H-pyrrole nitrogens is 1. The Morgan fingerprint density at radius 2 is 2.06 bits per heavy atom. The number of nitrogens with two attached hydrogens (primary N) is 1. The average molecular weight is 447 g/mol. The molecule has 5 rings (SSSR count). The van der Waals surface area contributed by atoms with E-state index in [1.54, 1.807) is 6.20 Å². The van der Waals surface area contributed by atoms with Gasteiger partial charge >= 0.3 is 0 Å². The maximum absolute atomic E-state index is 5.73. The molecular weight excluding hydrogens is 420 g/mol. The topological polar surface area (TPSA) is 147 Å². The Morgan fingerprint density at radius 1 is 1.15 bits per heavy atom. The van der Waals surface area contributed by atoms with Gasteiger partial charge in [-0.25, -0.2) is 0 Å². The number of hydrogen-bond donors (Lipinski definition) is 4. The maximum Gasteiger partial charge on any atom is 0.229 e. The third kappa shape index (κ3) is 4.62. The molecule has 1 saturated heterocycles. The van der Waals surface area contributed by atoms with Crippen LogP contribution >= 0.6 is 0 Å². The number of nitrogens with one attached hydrogen (secondary N) is 3. The Morgan fingerprint density at radius 3 is 2.85 bits per heavy atom. The second-order valence-electron chi connectivity index (χ2n) is 7.90. The maximum atomic E-state index is 5.73. The molecule has 170 valence electrons. The monoisotopic (exact) mass is 446 g/mol. The van der Waals surface area contributed by atoms with E-state index >= 15 is 0 Å². The fourth-order valence-corrected chi connectivity index (χ4v) is 3.91. The Balaban J connectivity index is 1.44. The van der Waals surface area contributed by atoms with Crippen molar-refractivity contribution in [1.29, 1.82) is 0 Å². The predicted molar refractivity (Wildman–Crippen MR) is 125 cm³/mol. The molecule has 0 amide bonds. The van der Waals surface area contributed by atoms with Crippen LogP contribution in [0.5, 0.6) is 0 Å². The van der Waals surface area contributed by atoms with Gasteiger partial charge in [-0.1, -0.05) is 11.2 Å². The van der Waals surface area contributed by atoms with Gasteiger partial charge in [-0.15, -0.1) is 0 Å². The second-order valence-corrected chi connectivity index (χ2v) is 7.90. The first-order valence-corrected chi connectivity index (χ1v) is 11.0. The van der Waals surface area contributed by atoms with E-state index < -0.39 is 0 Å². The van der Waals surface area contributed by atoms with Gasteiger partial charge in [0.15, 0.2) is 11.6 Å². The molecule has 0 spiro atoms. The van der Waals surface area contributed by atoms with E-state index in [0.717, 1.165) is 36.5 Å². The minimum Gasteiger partial charge on any atom is -0.369 e. The normalized spacial score (nSPS) is 15.7. The summed E-state index contributed by atoms with van der Waals surface area (Å²) in [6.45, 7) is 3.87. The van der Waals surface area contributed by atoms with Gasteiger partial charge in [0.2, 0.25) is 5.95 Å². The fourth-order valence-electron chi connectivity index (χ4n) is 3.91. The summed E-state index contributed by atoms with van der Waals surface area (Å²) in [4.78, 5) is 16.0. The summed E-state index contributed by atoms with van der Waals surface area (Å²) >= 11 is 0. The van der Waals surface area contributed by atoms with Gasteiger partial charge in [0.1, 0.15) is 17.3 Å². The Kier molecular flexibility index (Phi) is 5.85. The van der Waals surface area contributed by atoms with Gasteiger partial charge < -0.3 is 25.8 Å². The van der Waals surface area contributed by atoms with E-state index in [2.05, 4.69) is 35.9 Å². The highest BCUT2D eigenvalue weighted by Crippen LogP contribution is 2.36. The lowest BCUT2D eigenvalue weighted by molar-refractivity contribution is 0.362. The van der Waals surface area contributed by atoms with E-state index in [1.165, 1.54) is 0 Å². The molecule has 11 nitrogen and oxygen atoms in total. The molecule has 0 bridgehead atoms. The number of aryl methyl sites for hydroxylation is 1. The first kappa shape index (κ1) is 20.9. The van der Waals surface area contributed by atoms with E-state index in [9.17, 15) is 0 Å². The molecule has 11 heteroatoms. The average Bonchev–Trinajstić information content (AvgIpc) is 3.59. The standard InChI is InChI=1S/C22H26N10O/c1-14-11-21(30-29-14)26-20-13-19(25-9-7-23)27-22(28-20)32-10-4-6-17(32)18-12-16(31-33-18)15-5-2-3-8-24-15/h2-3,5,8,11-13,17H,4,6-7,9-10,23H2,1H3,(H3,25,26,27,28,29,30)/t17-/m0/s1. The number of aromatic nitrogens is 6. The van der Waals surface area contributed by atoms with Crippen LogP contribution in [0.1, 0.15) is 30.3 Å². The summed E-state index contributed by atoms with van der Waals surface area (Å²) in [5, 5.41) is 17.9. The molecule has 0 unspecified atom stereocenters. The van der Waals surface area contributed by atoms with Gasteiger partial charge in [0.05, 0.1) is 11.7 Å². The van der Waals surface area contributed by atoms with Crippen molar-refractivity contribution in [2.24, 2.45) is 5.73 Å². The molecule has 4 aromatic rings. The molecule has 0 radical (unpaired) electrons. The fraction of sp³-hybridized carbons (Fsp3) is 0.318. The molecule has 1 atom stereocenters. The predicted octanol–water partition coefficient (Wildman–Crippen LogP) is 3.01. The minimum absolute atomic E-state index is 0.0137. The molecule has 33 heavy (non-hydrogen) atoms. The van der Waals surface area contributed by atoms with Gasteiger partial charge in [0.25, 0.3) is 0 Å². The lowest BCUT2D eigenvalue weighted by atomic mass is 10.1. The van der Waals surface area contributed by atoms with Gasteiger partial charge in [-0.05, 0) is 31.9 Å². The minimum atomic E-state index is -0.0137. The van der Waals surface area contributed by atoms with E-state index in [0.29, 0.717) is 42.2 Å². The Hall–Kier alpha value is -3.99. The van der Waals surface area contributed by atoms with Gasteiger partial charge in [0, 0.05) is 49.7 Å². The summed E-state index contributed by atoms with van der Waals surface area (Å²) in [6.07, 6.45) is 3.66. The highest BCUT2D eigenvalue weighted by molar-refractivity contribution is 5.60. The van der Waals surface area contributed by atoms with E-state index in [1.807, 2.05) is 43.3 Å². The van der Waals surface area contributed by atoms with Crippen molar-refractivity contribution in [3.05, 3.63) is 54.0 Å². The van der Waals surface area contributed by atoms with Crippen molar-refractivity contribution < 1.29 is 4.52 Å². The quantitative estimate of drug-likeness (QED) is 0.318. The van der Waals surface area contributed by atoms with Crippen molar-refractivity contribution in [1.82, 2.24) is 30.3 Å². The van der Waals surface area contributed by atoms with Crippen LogP contribution < -0.4 is 21.3 Å². The number of aromatic amines is 1.